The van der Waals surface area contributed by atoms with Crippen molar-refractivity contribution in [2.75, 3.05) is 6.54 Å². The average Bonchev–Trinajstić information content (AvgIpc) is 2.93. The molecule has 0 radical (unpaired) electrons. The average molecular weight is 295 g/mol. The fraction of sp³-hybridized carbons (Fsp3) is 0.800. The molecular formula is C15H25N3O3. The molecular weight excluding hydrogens is 270 g/mol. The largest absolute Gasteiger partial charge is 0.350 e. The SMILES string of the molecule is CC(C)(C)NC(=O)CNC1CC(=O)N(C2CCCC2)C1=O. The van der Waals surface area contributed by atoms with Crippen LogP contribution in [-0.4, -0.2) is 46.8 Å². The van der Waals surface area contributed by atoms with E-state index >= 15 is 0 Å². The fourth-order valence-corrected chi connectivity index (χ4v) is 3.03. The van der Waals surface area contributed by atoms with Gasteiger partial charge in [-0.1, -0.05) is 12.8 Å². The molecule has 2 N–H and O–H groups in total. The molecule has 0 bridgehead atoms. The van der Waals surface area contributed by atoms with Crippen molar-refractivity contribution in [1.82, 2.24) is 15.5 Å². The van der Waals surface area contributed by atoms with E-state index in [4.69, 9.17) is 0 Å². The van der Waals surface area contributed by atoms with Crippen LogP contribution in [0.25, 0.3) is 0 Å². The first-order valence-corrected chi connectivity index (χ1v) is 7.68. The Kier molecular flexibility index (Phi) is 4.66. The van der Waals surface area contributed by atoms with Gasteiger partial charge in [0.05, 0.1) is 19.0 Å². The molecule has 0 aromatic rings. The van der Waals surface area contributed by atoms with Gasteiger partial charge < -0.3 is 5.32 Å². The molecule has 1 saturated carbocycles. The van der Waals surface area contributed by atoms with Crippen molar-refractivity contribution in [3.05, 3.63) is 0 Å². The van der Waals surface area contributed by atoms with Gasteiger partial charge in [0.25, 0.3) is 0 Å². The molecule has 3 amide bonds. The summed E-state index contributed by atoms with van der Waals surface area (Å²) >= 11 is 0. The van der Waals surface area contributed by atoms with Crippen molar-refractivity contribution in [2.24, 2.45) is 0 Å². The van der Waals surface area contributed by atoms with Crippen molar-refractivity contribution in [3.63, 3.8) is 0 Å². The summed E-state index contributed by atoms with van der Waals surface area (Å²) in [5, 5.41) is 5.74. The maximum absolute atomic E-state index is 12.3. The third-order valence-electron chi connectivity index (χ3n) is 3.90. The van der Waals surface area contributed by atoms with Gasteiger partial charge in [-0.15, -0.1) is 0 Å². The van der Waals surface area contributed by atoms with Gasteiger partial charge in [-0.2, -0.15) is 0 Å². The predicted octanol–water partition coefficient (Wildman–Crippen LogP) is 0.561. The number of nitrogens with zero attached hydrogens (tertiary/aromatic N) is 1. The van der Waals surface area contributed by atoms with E-state index in [-0.39, 0.29) is 42.3 Å². The highest BCUT2D eigenvalue weighted by Crippen LogP contribution is 2.28. The Balaban J connectivity index is 1.86. The van der Waals surface area contributed by atoms with Crippen LogP contribution in [0.1, 0.15) is 52.9 Å². The zero-order valence-corrected chi connectivity index (χ0v) is 13.1. The normalized spacial score (nSPS) is 24.0. The van der Waals surface area contributed by atoms with Crippen LogP contribution < -0.4 is 10.6 Å². The Morgan fingerprint density at radius 2 is 1.86 bits per heavy atom. The van der Waals surface area contributed by atoms with Crippen LogP contribution in [0.2, 0.25) is 0 Å². The Bertz CT molecular complexity index is 436. The van der Waals surface area contributed by atoms with Gasteiger partial charge in [-0.25, -0.2) is 0 Å². The van der Waals surface area contributed by atoms with Crippen molar-refractivity contribution in [1.29, 1.82) is 0 Å². The Morgan fingerprint density at radius 1 is 1.24 bits per heavy atom. The quantitative estimate of drug-likeness (QED) is 0.743. The zero-order chi connectivity index (χ0) is 15.6. The van der Waals surface area contributed by atoms with E-state index in [9.17, 15) is 14.4 Å². The molecule has 1 heterocycles. The number of imide groups is 1. The van der Waals surface area contributed by atoms with Gasteiger partial charge in [-0.05, 0) is 33.6 Å². The van der Waals surface area contributed by atoms with E-state index in [1.165, 1.54) is 4.90 Å². The van der Waals surface area contributed by atoms with Crippen molar-refractivity contribution >= 4 is 17.7 Å². The Hall–Kier alpha value is -1.43. The number of rotatable bonds is 4. The molecule has 1 aliphatic heterocycles. The first kappa shape index (κ1) is 15.9. The lowest BCUT2D eigenvalue weighted by Crippen LogP contribution is -2.48. The van der Waals surface area contributed by atoms with E-state index in [1.807, 2.05) is 20.8 Å². The molecule has 1 atom stereocenters. The van der Waals surface area contributed by atoms with Gasteiger partial charge in [0, 0.05) is 11.6 Å². The fourth-order valence-electron chi connectivity index (χ4n) is 3.03. The van der Waals surface area contributed by atoms with Gasteiger partial charge in [-0.3, -0.25) is 24.6 Å². The Labute approximate surface area is 125 Å². The molecule has 118 valence electrons. The molecule has 6 heteroatoms. The van der Waals surface area contributed by atoms with E-state index in [1.54, 1.807) is 0 Å². The van der Waals surface area contributed by atoms with Gasteiger partial charge >= 0.3 is 0 Å². The highest BCUT2D eigenvalue weighted by Gasteiger charge is 2.42. The predicted molar refractivity (Wildman–Crippen MR) is 78.4 cm³/mol. The maximum Gasteiger partial charge on any atom is 0.247 e. The highest BCUT2D eigenvalue weighted by atomic mass is 16.2. The van der Waals surface area contributed by atoms with Crippen LogP contribution in [0.15, 0.2) is 0 Å². The molecule has 0 spiro atoms. The van der Waals surface area contributed by atoms with Gasteiger partial charge in [0.1, 0.15) is 0 Å². The first-order chi connectivity index (χ1) is 9.78. The van der Waals surface area contributed by atoms with Crippen molar-refractivity contribution in [3.8, 4) is 0 Å². The lowest BCUT2D eigenvalue weighted by Gasteiger charge is -2.23. The van der Waals surface area contributed by atoms with E-state index in [0.29, 0.717) is 0 Å². The second-order valence-electron chi connectivity index (χ2n) is 6.98. The van der Waals surface area contributed by atoms with Crippen LogP contribution in [0.4, 0.5) is 0 Å². The summed E-state index contributed by atoms with van der Waals surface area (Å²) in [6.07, 6.45) is 4.14. The first-order valence-electron chi connectivity index (χ1n) is 7.68. The number of carbonyl (C=O) groups excluding carboxylic acids is 3. The van der Waals surface area contributed by atoms with Crippen LogP contribution in [-0.2, 0) is 14.4 Å². The number of amides is 3. The Morgan fingerprint density at radius 3 is 2.43 bits per heavy atom. The van der Waals surface area contributed by atoms with Crippen molar-refractivity contribution < 1.29 is 14.4 Å². The molecule has 21 heavy (non-hydrogen) atoms. The van der Waals surface area contributed by atoms with Gasteiger partial charge in [0.15, 0.2) is 0 Å². The summed E-state index contributed by atoms with van der Waals surface area (Å²) in [6, 6.07) is -0.482. The third kappa shape index (κ3) is 4.03. The summed E-state index contributed by atoms with van der Waals surface area (Å²) < 4.78 is 0. The molecule has 0 aromatic carbocycles. The maximum atomic E-state index is 12.3. The molecule has 1 saturated heterocycles. The second-order valence-corrected chi connectivity index (χ2v) is 6.98. The number of nitrogens with one attached hydrogen (secondary N) is 2. The van der Waals surface area contributed by atoms with E-state index in [2.05, 4.69) is 10.6 Å². The number of hydrogen-bond acceptors (Lipinski definition) is 4. The number of hydrogen-bond donors (Lipinski definition) is 2. The lowest BCUT2D eigenvalue weighted by atomic mass is 10.1. The minimum Gasteiger partial charge on any atom is -0.350 e. The standard InChI is InChI=1S/C15H25N3O3/c1-15(2,3)17-12(19)9-16-11-8-13(20)18(14(11)21)10-6-4-5-7-10/h10-11,16H,4-9H2,1-3H3,(H,17,19). The highest BCUT2D eigenvalue weighted by molar-refractivity contribution is 6.06. The molecule has 1 aliphatic carbocycles. The minimum absolute atomic E-state index is 0.0550. The lowest BCUT2D eigenvalue weighted by molar-refractivity contribution is -0.141. The topological polar surface area (TPSA) is 78.5 Å². The molecule has 2 rings (SSSR count). The van der Waals surface area contributed by atoms with Gasteiger partial charge in [0.2, 0.25) is 17.7 Å². The second kappa shape index (κ2) is 6.13. The summed E-state index contributed by atoms with van der Waals surface area (Å²) in [6.45, 7) is 5.75. The monoisotopic (exact) mass is 295 g/mol. The molecule has 6 nitrogen and oxygen atoms in total. The third-order valence-corrected chi connectivity index (χ3v) is 3.90. The number of likely N-dealkylation sites (tertiary alicyclic amines) is 1. The molecule has 1 unspecified atom stereocenters. The van der Waals surface area contributed by atoms with E-state index in [0.717, 1.165) is 25.7 Å². The van der Waals surface area contributed by atoms with Crippen molar-refractivity contribution in [2.45, 2.75) is 70.5 Å². The summed E-state index contributed by atoms with van der Waals surface area (Å²) in [4.78, 5) is 37.5. The molecule has 2 fully saturated rings. The number of carbonyl (C=O) groups is 3. The van der Waals surface area contributed by atoms with Crippen LogP contribution in [0.3, 0.4) is 0 Å². The minimum atomic E-state index is -0.552. The summed E-state index contributed by atoms with van der Waals surface area (Å²) in [5.74, 6) is -0.446. The smallest absolute Gasteiger partial charge is 0.247 e. The van der Waals surface area contributed by atoms with Crippen LogP contribution in [0.5, 0.6) is 0 Å². The molecule has 2 aliphatic rings. The summed E-state index contributed by atoms with van der Waals surface area (Å²) in [7, 11) is 0. The summed E-state index contributed by atoms with van der Waals surface area (Å²) in [5.41, 5.74) is -0.301. The van der Waals surface area contributed by atoms with Crippen LogP contribution in [0, 0.1) is 0 Å². The van der Waals surface area contributed by atoms with Crippen LogP contribution >= 0.6 is 0 Å². The molecule has 0 aromatic heterocycles. The van der Waals surface area contributed by atoms with E-state index < -0.39 is 6.04 Å². The zero-order valence-electron chi connectivity index (χ0n) is 13.1.